The van der Waals surface area contributed by atoms with Crippen LogP contribution >= 0.6 is 0 Å². The molecule has 0 atom stereocenters. The van der Waals surface area contributed by atoms with E-state index in [4.69, 9.17) is 4.74 Å². The van der Waals surface area contributed by atoms with Crippen molar-refractivity contribution in [2.75, 3.05) is 31.2 Å². The Balaban J connectivity index is 1.71. The first-order valence-corrected chi connectivity index (χ1v) is 8.16. The fourth-order valence-corrected chi connectivity index (χ4v) is 2.54. The number of aromatic nitrogens is 2. The van der Waals surface area contributed by atoms with Crippen LogP contribution in [0.15, 0.2) is 36.5 Å². The van der Waals surface area contributed by atoms with Crippen LogP contribution in [0.1, 0.15) is 36.6 Å². The zero-order chi connectivity index (χ0) is 16.1. The minimum absolute atomic E-state index is 0.561. The molecule has 1 saturated heterocycles. The van der Waals surface area contributed by atoms with Crippen molar-refractivity contribution in [2.45, 2.75) is 19.8 Å². The molecule has 0 saturated carbocycles. The van der Waals surface area contributed by atoms with Crippen LogP contribution in [-0.2, 0) is 4.74 Å². The van der Waals surface area contributed by atoms with Crippen molar-refractivity contribution in [1.29, 1.82) is 0 Å². The van der Waals surface area contributed by atoms with Crippen LogP contribution in [0.3, 0.4) is 0 Å². The molecule has 0 aliphatic carbocycles. The van der Waals surface area contributed by atoms with E-state index in [0.29, 0.717) is 5.92 Å². The predicted octanol–water partition coefficient (Wildman–Crippen LogP) is 3.61. The highest BCUT2D eigenvalue weighted by atomic mass is 16.5. The van der Waals surface area contributed by atoms with Crippen molar-refractivity contribution in [3.05, 3.63) is 53.3 Å². The maximum atomic E-state index is 5.37. The Morgan fingerprint density at radius 1 is 1.04 bits per heavy atom. The van der Waals surface area contributed by atoms with Gasteiger partial charge in [0.2, 0.25) is 5.95 Å². The lowest BCUT2D eigenvalue weighted by Crippen LogP contribution is -2.37. The Labute approximate surface area is 137 Å². The molecule has 120 valence electrons. The first-order chi connectivity index (χ1) is 11.2. The molecule has 23 heavy (non-hydrogen) atoms. The van der Waals surface area contributed by atoms with Crippen molar-refractivity contribution in [2.24, 2.45) is 0 Å². The third kappa shape index (κ3) is 4.17. The number of anilines is 1. The Morgan fingerprint density at radius 2 is 1.78 bits per heavy atom. The van der Waals surface area contributed by atoms with Gasteiger partial charge in [0.25, 0.3) is 0 Å². The van der Waals surface area contributed by atoms with E-state index in [9.17, 15) is 0 Å². The smallest absolute Gasteiger partial charge is 0.225 e. The Bertz CT molecular complexity index is 659. The first kappa shape index (κ1) is 15.7. The molecule has 1 aromatic heterocycles. The van der Waals surface area contributed by atoms with Gasteiger partial charge < -0.3 is 9.64 Å². The molecule has 0 unspecified atom stereocenters. The van der Waals surface area contributed by atoms with Gasteiger partial charge in [-0.1, -0.05) is 44.2 Å². The molecule has 2 heterocycles. The van der Waals surface area contributed by atoms with Crippen LogP contribution < -0.4 is 4.90 Å². The summed E-state index contributed by atoms with van der Waals surface area (Å²) in [4.78, 5) is 11.2. The molecule has 3 rings (SSSR count). The SMILES string of the molecule is CC(C)c1ccc(/C=C/c2ccnc(N3CCOCC3)n2)cc1. The van der Waals surface area contributed by atoms with Gasteiger partial charge in [0.1, 0.15) is 0 Å². The predicted molar refractivity (Wildman–Crippen MR) is 94.5 cm³/mol. The van der Waals surface area contributed by atoms with E-state index in [1.54, 1.807) is 0 Å². The molecular formula is C19H23N3O. The van der Waals surface area contributed by atoms with Gasteiger partial charge in [-0.05, 0) is 29.2 Å². The van der Waals surface area contributed by atoms with Crippen molar-refractivity contribution < 1.29 is 4.74 Å². The van der Waals surface area contributed by atoms with Gasteiger partial charge >= 0.3 is 0 Å². The van der Waals surface area contributed by atoms with Crippen molar-refractivity contribution in [3.8, 4) is 0 Å². The number of ether oxygens (including phenoxy) is 1. The largest absolute Gasteiger partial charge is 0.378 e. The topological polar surface area (TPSA) is 38.2 Å². The first-order valence-electron chi connectivity index (χ1n) is 8.16. The third-order valence-corrected chi connectivity index (χ3v) is 4.01. The minimum atomic E-state index is 0.561. The van der Waals surface area contributed by atoms with E-state index in [1.165, 1.54) is 11.1 Å². The van der Waals surface area contributed by atoms with Gasteiger partial charge in [0.15, 0.2) is 0 Å². The average Bonchev–Trinajstić information content (AvgIpc) is 2.61. The number of morpholine rings is 1. The fraction of sp³-hybridized carbons (Fsp3) is 0.368. The standard InChI is InChI=1S/C19H23N3O/c1-15(2)17-6-3-16(4-7-17)5-8-18-9-10-20-19(21-18)22-11-13-23-14-12-22/h3-10,15H,11-14H2,1-2H3/b8-5+. The van der Waals surface area contributed by atoms with E-state index >= 15 is 0 Å². The van der Waals surface area contributed by atoms with Gasteiger partial charge in [-0.3, -0.25) is 0 Å². The summed E-state index contributed by atoms with van der Waals surface area (Å²) < 4.78 is 5.37. The number of hydrogen-bond acceptors (Lipinski definition) is 4. The van der Waals surface area contributed by atoms with E-state index in [0.717, 1.165) is 37.9 Å². The van der Waals surface area contributed by atoms with Crippen LogP contribution in [-0.4, -0.2) is 36.3 Å². The summed E-state index contributed by atoms with van der Waals surface area (Å²) >= 11 is 0. The highest BCUT2D eigenvalue weighted by Gasteiger charge is 2.13. The van der Waals surface area contributed by atoms with Crippen LogP contribution in [0.2, 0.25) is 0 Å². The molecule has 1 aromatic carbocycles. The molecule has 1 aliphatic rings. The molecule has 2 aromatic rings. The summed E-state index contributed by atoms with van der Waals surface area (Å²) in [6.45, 7) is 7.60. The lowest BCUT2D eigenvalue weighted by atomic mass is 10.0. The van der Waals surface area contributed by atoms with Gasteiger partial charge in [-0.25, -0.2) is 9.97 Å². The molecular weight excluding hydrogens is 286 g/mol. The highest BCUT2D eigenvalue weighted by Crippen LogP contribution is 2.16. The van der Waals surface area contributed by atoms with E-state index in [-0.39, 0.29) is 0 Å². The maximum Gasteiger partial charge on any atom is 0.225 e. The van der Waals surface area contributed by atoms with Gasteiger partial charge in [-0.15, -0.1) is 0 Å². The second kappa shape index (κ2) is 7.38. The molecule has 0 spiro atoms. The zero-order valence-electron chi connectivity index (χ0n) is 13.8. The van der Waals surface area contributed by atoms with E-state index in [2.05, 4.69) is 59.1 Å². The molecule has 1 fully saturated rings. The second-order valence-corrected chi connectivity index (χ2v) is 6.04. The molecule has 0 bridgehead atoms. The monoisotopic (exact) mass is 309 g/mol. The fourth-order valence-electron chi connectivity index (χ4n) is 2.54. The van der Waals surface area contributed by atoms with E-state index < -0.39 is 0 Å². The highest BCUT2D eigenvalue weighted by molar-refractivity contribution is 5.68. The van der Waals surface area contributed by atoms with Crippen LogP contribution in [0.5, 0.6) is 0 Å². The second-order valence-electron chi connectivity index (χ2n) is 6.04. The molecule has 0 N–H and O–H groups in total. The summed E-state index contributed by atoms with van der Waals surface area (Å²) in [6.07, 6.45) is 5.95. The summed E-state index contributed by atoms with van der Waals surface area (Å²) in [6, 6.07) is 10.6. The van der Waals surface area contributed by atoms with Gasteiger partial charge in [-0.2, -0.15) is 0 Å². The molecule has 4 nitrogen and oxygen atoms in total. The van der Waals surface area contributed by atoms with Crippen molar-refractivity contribution in [3.63, 3.8) is 0 Å². The molecule has 0 amide bonds. The minimum Gasteiger partial charge on any atom is -0.378 e. The average molecular weight is 309 g/mol. The molecule has 0 radical (unpaired) electrons. The van der Waals surface area contributed by atoms with Crippen molar-refractivity contribution in [1.82, 2.24) is 9.97 Å². The summed E-state index contributed by atoms with van der Waals surface area (Å²) in [7, 11) is 0. The summed E-state index contributed by atoms with van der Waals surface area (Å²) in [5, 5.41) is 0. The van der Waals surface area contributed by atoms with Crippen LogP contribution in [0.25, 0.3) is 12.2 Å². The zero-order valence-corrected chi connectivity index (χ0v) is 13.8. The number of rotatable bonds is 4. The summed E-state index contributed by atoms with van der Waals surface area (Å²) in [5.41, 5.74) is 3.47. The van der Waals surface area contributed by atoms with Gasteiger partial charge in [0.05, 0.1) is 18.9 Å². The number of hydrogen-bond donors (Lipinski definition) is 0. The van der Waals surface area contributed by atoms with Crippen LogP contribution in [0, 0.1) is 0 Å². The van der Waals surface area contributed by atoms with E-state index in [1.807, 2.05) is 18.3 Å². The maximum absolute atomic E-state index is 5.37. The normalized spacial score (nSPS) is 15.5. The summed E-state index contributed by atoms with van der Waals surface area (Å²) in [5.74, 6) is 1.34. The Kier molecular flexibility index (Phi) is 5.03. The number of nitrogens with zero attached hydrogens (tertiary/aromatic N) is 3. The van der Waals surface area contributed by atoms with Crippen molar-refractivity contribution >= 4 is 18.1 Å². The van der Waals surface area contributed by atoms with Crippen LogP contribution in [0.4, 0.5) is 5.95 Å². The Morgan fingerprint density at radius 3 is 2.48 bits per heavy atom. The van der Waals surface area contributed by atoms with Gasteiger partial charge in [0, 0.05) is 19.3 Å². The number of benzene rings is 1. The lowest BCUT2D eigenvalue weighted by Gasteiger charge is -2.26. The Hall–Kier alpha value is -2.20. The molecule has 4 heteroatoms. The quantitative estimate of drug-likeness (QED) is 0.865. The third-order valence-electron chi connectivity index (χ3n) is 4.01. The molecule has 1 aliphatic heterocycles. The lowest BCUT2D eigenvalue weighted by molar-refractivity contribution is 0.122.